The number of rotatable bonds is 6. The summed E-state index contributed by atoms with van der Waals surface area (Å²) >= 11 is 2.48. The number of aromatic nitrogens is 2. The zero-order valence-electron chi connectivity index (χ0n) is 17.1. The quantitative estimate of drug-likeness (QED) is 0.424. The van der Waals surface area contributed by atoms with E-state index in [0.717, 1.165) is 22.4 Å². The van der Waals surface area contributed by atoms with Crippen LogP contribution in [-0.2, 0) is 4.79 Å². The van der Waals surface area contributed by atoms with Gasteiger partial charge >= 0.3 is 0 Å². The highest BCUT2D eigenvalue weighted by Crippen LogP contribution is 2.33. The topological polar surface area (TPSA) is 102 Å². The predicted octanol–water partition coefficient (Wildman–Crippen LogP) is 4.18. The van der Waals surface area contributed by atoms with E-state index < -0.39 is 0 Å². The van der Waals surface area contributed by atoms with Crippen molar-refractivity contribution in [1.29, 1.82) is 0 Å². The minimum absolute atomic E-state index is 0.124. The molecule has 1 aliphatic heterocycles. The third-order valence-corrected chi connectivity index (χ3v) is 6.50. The lowest BCUT2D eigenvalue weighted by Gasteiger charge is -2.12. The molecule has 1 aromatic heterocycles. The second kappa shape index (κ2) is 8.94. The van der Waals surface area contributed by atoms with E-state index in [1.807, 2.05) is 32.9 Å². The summed E-state index contributed by atoms with van der Waals surface area (Å²) in [5.41, 5.74) is 4.48. The largest absolute Gasteiger partial charge is 0.454 e. The zero-order valence-corrected chi connectivity index (χ0v) is 18.8. The molecule has 10 heteroatoms. The number of benzene rings is 2. The lowest BCUT2D eigenvalue weighted by atomic mass is 10.1. The van der Waals surface area contributed by atoms with Gasteiger partial charge in [0, 0.05) is 11.3 Å². The minimum atomic E-state index is -0.325. The zero-order chi connectivity index (χ0) is 22.0. The average Bonchev–Trinajstić information content (AvgIpc) is 3.37. The van der Waals surface area contributed by atoms with Crippen molar-refractivity contribution in [2.24, 2.45) is 0 Å². The fraction of sp³-hybridized carbons (Fsp3) is 0.238. The fourth-order valence-corrected chi connectivity index (χ4v) is 4.75. The number of fused-ring (bicyclic) bond motifs is 1. The van der Waals surface area contributed by atoms with Gasteiger partial charge in [-0.05, 0) is 50.1 Å². The number of thioether (sulfide) groups is 1. The Labute approximate surface area is 187 Å². The van der Waals surface area contributed by atoms with Crippen LogP contribution in [0.5, 0.6) is 11.5 Å². The molecule has 4 rings (SSSR count). The fourth-order valence-electron chi connectivity index (χ4n) is 3.21. The van der Waals surface area contributed by atoms with Crippen LogP contribution in [0.4, 0.5) is 10.8 Å². The summed E-state index contributed by atoms with van der Waals surface area (Å²) in [6, 6.07) is 9.03. The Bertz CT molecular complexity index is 1140. The summed E-state index contributed by atoms with van der Waals surface area (Å²) < 4.78 is 11.1. The Morgan fingerprint density at radius 2 is 1.77 bits per heavy atom. The molecule has 0 radical (unpaired) electrons. The molecule has 0 atom stereocenters. The number of carbonyl (C=O) groups excluding carboxylic acids is 2. The van der Waals surface area contributed by atoms with Crippen molar-refractivity contribution in [3.05, 3.63) is 52.6 Å². The van der Waals surface area contributed by atoms with Crippen LogP contribution in [0.3, 0.4) is 0 Å². The summed E-state index contributed by atoms with van der Waals surface area (Å²) in [6.45, 7) is 6.12. The van der Waals surface area contributed by atoms with Crippen LogP contribution in [0.15, 0.2) is 34.7 Å². The maximum atomic E-state index is 12.4. The van der Waals surface area contributed by atoms with Crippen molar-refractivity contribution in [2.45, 2.75) is 25.1 Å². The maximum Gasteiger partial charge on any atom is 0.257 e. The molecule has 160 valence electrons. The molecular formula is C21H20N4O4S2. The Hall–Kier alpha value is -3.11. The summed E-state index contributed by atoms with van der Waals surface area (Å²) in [6.07, 6.45) is 0. The lowest BCUT2D eigenvalue weighted by Crippen LogP contribution is -2.15. The molecule has 0 spiro atoms. The van der Waals surface area contributed by atoms with Crippen molar-refractivity contribution < 1.29 is 19.1 Å². The number of hydrogen-bond donors (Lipinski definition) is 2. The Morgan fingerprint density at radius 1 is 1.03 bits per heavy atom. The molecule has 31 heavy (non-hydrogen) atoms. The molecule has 3 aromatic rings. The summed E-state index contributed by atoms with van der Waals surface area (Å²) in [5, 5.41) is 14.1. The van der Waals surface area contributed by atoms with E-state index in [0.29, 0.717) is 26.5 Å². The van der Waals surface area contributed by atoms with Gasteiger partial charge in [-0.2, -0.15) is 0 Å². The van der Waals surface area contributed by atoms with E-state index in [-0.39, 0.29) is 24.4 Å². The number of nitrogens with one attached hydrogen (secondary N) is 2. The molecule has 0 fully saturated rings. The van der Waals surface area contributed by atoms with Gasteiger partial charge in [-0.1, -0.05) is 40.8 Å². The maximum absolute atomic E-state index is 12.4. The first-order valence-corrected chi connectivity index (χ1v) is 11.2. The van der Waals surface area contributed by atoms with E-state index in [2.05, 4.69) is 20.8 Å². The average molecular weight is 457 g/mol. The van der Waals surface area contributed by atoms with Crippen LogP contribution < -0.4 is 20.1 Å². The van der Waals surface area contributed by atoms with Crippen molar-refractivity contribution in [2.75, 3.05) is 23.2 Å². The third-order valence-electron chi connectivity index (χ3n) is 4.53. The molecule has 8 nitrogen and oxygen atoms in total. The number of nitrogens with zero attached hydrogens (tertiary/aromatic N) is 2. The lowest BCUT2D eigenvalue weighted by molar-refractivity contribution is -0.113. The molecule has 0 saturated carbocycles. The number of aryl methyl sites for hydroxylation is 3. The van der Waals surface area contributed by atoms with Gasteiger partial charge in [0.2, 0.25) is 17.8 Å². The van der Waals surface area contributed by atoms with Gasteiger partial charge in [-0.25, -0.2) is 0 Å². The summed E-state index contributed by atoms with van der Waals surface area (Å²) in [4.78, 5) is 24.8. The predicted molar refractivity (Wildman–Crippen MR) is 120 cm³/mol. The first-order chi connectivity index (χ1) is 14.9. The van der Waals surface area contributed by atoms with E-state index >= 15 is 0 Å². The van der Waals surface area contributed by atoms with E-state index in [9.17, 15) is 9.59 Å². The van der Waals surface area contributed by atoms with Gasteiger partial charge in [-0.3, -0.25) is 14.9 Å². The number of carbonyl (C=O) groups is 2. The second-order valence-electron chi connectivity index (χ2n) is 7.01. The van der Waals surface area contributed by atoms with Crippen LogP contribution in [0.25, 0.3) is 0 Å². The summed E-state index contributed by atoms with van der Waals surface area (Å²) in [5.74, 6) is 0.888. The highest BCUT2D eigenvalue weighted by atomic mass is 32.2. The van der Waals surface area contributed by atoms with Crippen LogP contribution in [0, 0.1) is 20.8 Å². The molecule has 0 saturated heterocycles. The van der Waals surface area contributed by atoms with Gasteiger partial charge in [-0.15, -0.1) is 10.2 Å². The van der Waals surface area contributed by atoms with E-state index in [4.69, 9.17) is 9.47 Å². The highest BCUT2D eigenvalue weighted by Gasteiger charge is 2.18. The highest BCUT2D eigenvalue weighted by molar-refractivity contribution is 8.01. The van der Waals surface area contributed by atoms with Crippen molar-refractivity contribution >= 4 is 45.7 Å². The van der Waals surface area contributed by atoms with Crippen LogP contribution in [0.2, 0.25) is 0 Å². The van der Waals surface area contributed by atoms with Gasteiger partial charge < -0.3 is 14.8 Å². The first-order valence-electron chi connectivity index (χ1n) is 9.44. The van der Waals surface area contributed by atoms with Crippen LogP contribution in [0.1, 0.15) is 27.0 Å². The molecule has 2 heterocycles. The smallest absolute Gasteiger partial charge is 0.257 e. The van der Waals surface area contributed by atoms with Crippen LogP contribution >= 0.6 is 23.1 Å². The monoisotopic (exact) mass is 456 g/mol. The number of anilines is 2. The number of hydrogen-bond acceptors (Lipinski definition) is 8. The van der Waals surface area contributed by atoms with Gasteiger partial charge in [0.25, 0.3) is 5.91 Å². The van der Waals surface area contributed by atoms with Crippen molar-refractivity contribution in [1.82, 2.24) is 10.2 Å². The second-order valence-corrected chi connectivity index (χ2v) is 9.21. The number of ether oxygens (including phenoxy) is 2. The van der Waals surface area contributed by atoms with Gasteiger partial charge in [0.15, 0.2) is 15.8 Å². The van der Waals surface area contributed by atoms with E-state index in [1.54, 1.807) is 18.2 Å². The van der Waals surface area contributed by atoms with E-state index in [1.165, 1.54) is 23.1 Å². The molecule has 2 aromatic carbocycles. The molecule has 0 aliphatic carbocycles. The molecule has 0 unspecified atom stereocenters. The third kappa shape index (κ3) is 4.97. The standard InChI is InChI=1S/C21H20N4O4S2/c1-11-6-12(2)18(13(3)7-11)22-17(26)9-30-21-25-24-20(31-21)23-19(27)14-4-5-15-16(8-14)29-10-28-15/h4-8H,9-10H2,1-3H3,(H,22,26)(H,23,24,27). The van der Waals surface area contributed by atoms with Crippen molar-refractivity contribution in [3.8, 4) is 11.5 Å². The minimum Gasteiger partial charge on any atom is -0.454 e. The SMILES string of the molecule is Cc1cc(C)c(NC(=O)CSc2nnc(NC(=O)c3ccc4c(c3)OCO4)s2)c(C)c1. The number of amides is 2. The van der Waals surface area contributed by atoms with Crippen molar-refractivity contribution in [3.63, 3.8) is 0 Å². The molecule has 1 aliphatic rings. The van der Waals surface area contributed by atoms with Gasteiger partial charge in [0.05, 0.1) is 5.75 Å². The first kappa shape index (κ1) is 21.1. The molecule has 0 bridgehead atoms. The molecule has 2 amide bonds. The normalized spacial score (nSPS) is 12.0. The van der Waals surface area contributed by atoms with Gasteiger partial charge in [0.1, 0.15) is 0 Å². The molecular weight excluding hydrogens is 436 g/mol. The summed E-state index contributed by atoms with van der Waals surface area (Å²) in [7, 11) is 0. The van der Waals surface area contributed by atoms with Crippen LogP contribution in [-0.4, -0.2) is 34.6 Å². The Kier molecular flexibility index (Phi) is 6.10. The Morgan fingerprint density at radius 3 is 2.55 bits per heavy atom. The Balaban J connectivity index is 1.32. The molecule has 2 N–H and O–H groups in total.